The van der Waals surface area contributed by atoms with Crippen LogP contribution >= 0.6 is 0 Å². The fourth-order valence-electron chi connectivity index (χ4n) is 0.887. The molecule has 0 saturated carbocycles. The first-order valence-corrected chi connectivity index (χ1v) is 5.75. The Kier molecular flexibility index (Phi) is 26.7. The van der Waals surface area contributed by atoms with E-state index in [2.05, 4.69) is 35.5 Å². The second kappa shape index (κ2) is 19.4. The Morgan fingerprint density at radius 2 is 0.810 bits per heavy atom. The summed E-state index contributed by atoms with van der Waals surface area (Å²) in [6.45, 7) is 4.53. The first kappa shape index (κ1) is 28.9. The predicted molar refractivity (Wildman–Crippen MR) is 63.1 cm³/mol. The number of epoxide rings is 3. The van der Waals surface area contributed by atoms with Crippen molar-refractivity contribution < 1.29 is 127 Å². The van der Waals surface area contributed by atoms with E-state index in [0.717, 1.165) is 19.8 Å². The van der Waals surface area contributed by atoms with Crippen LogP contribution < -0.4 is 0 Å². The Labute approximate surface area is 203 Å². The minimum atomic E-state index is 0. The third-order valence-electron chi connectivity index (χ3n) is 2.12. The van der Waals surface area contributed by atoms with Gasteiger partial charge in [0, 0.05) is 118 Å². The molecule has 6 nitrogen and oxygen atoms in total. The zero-order valence-corrected chi connectivity index (χ0v) is 20.8. The van der Waals surface area contributed by atoms with E-state index >= 15 is 0 Å². The van der Waals surface area contributed by atoms with Gasteiger partial charge in [-0.15, -0.1) is 0 Å². The van der Waals surface area contributed by atoms with Crippen LogP contribution in [-0.4, -0.2) is 58.0 Å². The van der Waals surface area contributed by atoms with Gasteiger partial charge in [-0.3, -0.25) is 0 Å². The number of hydrogen-bond acceptors (Lipinski definition) is 6. The van der Waals surface area contributed by atoms with Gasteiger partial charge in [-0.2, -0.15) is 0 Å². The van der Waals surface area contributed by atoms with Crippen LogP contribution in [0, 0.1) is 21.3 Å². The minimum absolute atomic E-state index is 0. The van der Waals surface area contributed by atoms with Gasteiger partial charge < -0.3 is 28.4 Å². The molecule has 3 aliphatic heterocycles. The molecule has 3 radical (unpaired) electrons. The largest absolute Gasteiger partial charge is 0.553 e. The summed E-state index contributed by atoms with van der Waals surface area (Å²) in [5.41, 5.74) is 0. The maximum atomic E-state index is 4.78. The number of ether oxygens (including phenoxy) is 6. The molecule has 0 N–H and O–H groups in total. The summed E-state index contributed by atoms with van der Waals surface area (Å²) in [5, 5.41) is 0. The van der Waals surface area contributed by atoms with Crippen LogP contribution in [-0.2, 0) is 127 Å². The van der Waals surface area contributed by atoms with Crippen molar-refractivity contribution in [3.8, 4) is 0 Å². The molecule has 9 heteroatoms. The molecule has 0 aromatic carbocycles. The van der Waals surface area contributed by atoms with Gasteiger partial charge in [0.1, 0.15) is 18.3 Å². The summed E-state index contributed by atoms with van der Waals surface area (Å²) >= 11 is 0. The monoisotopic (exact) mass is 528 g/mol. The standard InChI is InChI=1S/3C4H7O2.3Y/c3*1-5-2-4-3-6-4;;;/h3*4H,1-3H2;;;/q3*-1;;;. The first-order chi connectivity index (χ1) is 8.80. The molecule has 0 aliphatic carbocycles. The fraction of sp³-hybridized carbons (Fsp3) is 0.750. The van der Waals surface area contributed by atoms with Crippen LogP contribution in [0.4, 0.5) is 0 Å². The van der Waals surface area contributed by atoms with Gasteiger partial charge in [0.2, 0.25) is 0 Å². The quantitative estimate of drug-likeness (QED) is 0.372. The normalized spacial score (nSPS) is 26.1. The van der Waals surface area contributed by atoms with Gasteiger partial charge >= 0.3 is 0 Å². The molecule has 3 rings (SSSR count). The van der Waals surface area contributed by atoms with Crippen LogP contribution in [0.1, 0.15) is 0 Å². The molecule has 0 aromatic rings. The SMILES string of the molecule is [CH2-]OCC1CO1.[CH2-]OCC1CO1.[CH2-]OCC1CO1.[Y].[Y].[Y]. The van der Waals surface area contributed by atoms with Crippen molar-refractivity contribution in [2.75, 3.05) is 39.6 Å². The van der Waals surface area contributed by atoms with E-state index in [4.69, 9.17) is 14.2 Å². The predicted octanol–water partition coefficient (Wildman–Crippen LogP) is 0.573. The Morgan fingerprint density at radius 1 is 0.619 bits per heavy atom. The summed E-state index contributed by atoms with van der Waals surface area (Å²) in [6.07, 6.45) is 1.09. The molecule has 117 valence electrons. The van der Waals surface area contributed by atoms with Gasteiger partial charge in [0.15, 0.2) is 0 Å². The van der Waals surface area contributed by atoms with Gasteiger partial charge in [-0.25, -0.2) is 21.3 Å². The maximum Gasteiger partial charge on any atom is 0.101 e. The zero-order chi connectivity index (χ0) is 13.2. The van der Waals surface area contributed by atoms with E-state index in [0.29, 0.717) is 38.1 Å². The van der Waals surface area contributed by atoms with Crippen LogP contribution in [0.3, 0.4) is 0 Å². The van der Waals surface area contributed by atoms with Gasteiger partial charge in [-0.1, -0.05) is 0 Å². The fourth-order valence-corrected chi connectivity index (χ4v) is 0.887. The smallest absolute Gasteiger partial charge is 0.101 e. The van der Waals surface area contributed by atoms with Crippen molar-refractivity contribution in [3.63, 3.8) is 0 Å². The molecule has 3 fully saturated rings. The summed E-state index contributed by atoms with van der Waals surface area (Å²) in [7, 11) is 9.56. The van der Waals surface area contributed by atoms with E-state index in [1.807, 2.05) is 0 Å². The summed E-state index contributed by atoms with van der Waals surface area (Å²) in [5.74, 6) is 0. The molecule has 3 aliphatic rings. The second-order valence-electron chi connectivity index (χ2n) is 3.98. The molecule has 3 saturated heterocycles. The van der Waals surface area contributed by atoms with E-state index in [1.54, 1.807) is 0 Å². The maximum absolute atomic E-state index is 4.78. The summed E-state index contributed by atoms with van der Waals surface area (Å²) < 4.78 is 27.8. The minimum Gasteiger partial charge on any atom is -0.553 e. The van der Waals surface area contributed by atoms with Crippen molar-refractivity contribution in [1.29, 1.82) is 0 Å². The third-order valence-corrected chi connectivity index (χ3v) is 2.12. The average molecular weight is 528 g/mol. The van der Waals surface area contributed by atoms with Crippen molar-refractivity contribution in [2.24, 2.45) is 0 Å². The van der Waals surface area contributed by atoms with Crippen LogP contribution in [0.15, 0.2) is 0 Å². The van der Waals surface area contributed by atoms with E-state index < -0.39 is 0 Å². The van der Waals surface area contributed by atoms with Crippen LogP contribution in [0.2, 0.25) is 0 Å². The second-order valence-corrected chi connectivity index (χ2v) is 3.98. The molecule has 3 heterocycles. The van der Waals surface area contributed by atoms with Crippen molar-refractivity contribution >= 4 is 0 Å². The molecule has 21 heavy (non-hydrogen) atoms. The van der Waals surface area contributed by atoms with Crippen molar-refractivity contribution in [1.82, 2.24) is 0 Å². The molecule has 0 bridgehead atoms. The molecule has 3 atom stereocenters. The Hall–Kier alpha value is 3.07. The Balaban J connectivity index is -0.000000216. The van der Waals surface area contributed by atoms with Gasteiger partial charge in [-0.05, 0) is 0 Å². The van der Waals surface area contributed by atoms with Crippen molar-refractivity contribution in [2.45, 2.75) is 18.3 Å². The molecular formula is C12H21O6Y3-3. The summed E-state index contributed by atoms with van der Waals surface area (Å²) in [4.78, 5) is 0. The van der Waals surface area contributed by atoms with Crippen molar-refractivity contribution in [3.05, 3.63) is 21.3 Å². The molecular weight excluding hydrogens is 507 g/mol. The number of rotatable bonds is 6. The topological polar surface area (TPSA) is 65.3 Å². The molecule has 0 amide bonds. The van der Waals surface area contributed by atoms with E-state index in [1.165, 1.54) is 0 Å². The Morgan fingerprint density at radius 3 is 0.857 bits per heavy atom. The van der Waals surface area contributed by atoms with E-state index in [9.17, 15) is 0 Å². The van der Waals surface area contributed by atoms with Gasteiger partial charge in [0.05, 0.1) is 19.8 Å². The van der Waals surface area contributed by atoms with Crippen LogP contribution in [0.25, 0.3) is 0 Å². The Bertz CT molecular complexity index is 168. The molecule has 0 spiro atoms. The third kappa shape index (κ3) is 23.1. The molecule has 3 unspecified atom stereocenters. The zero-order valence-electron chi connectivity index (χ0n) is 12.3. The average Bonchev–Trinajstić information content (AvgIpc) is 3.17. The van der Waals surface area contributed by atoms with Crippen LogP contribution in [0.5, 0.6) is 0 Å². The molecule has 0 aromatic heterocycles. The van der Waals surface area contributed by atoms with E-state index in [-0.39, 0.29) is 98.1 Å². The summed E-state index contributed by atoms with van der Waals surface area (Å²) in [6, 6.07) is 0. The first-order valence-electron chi connectivity index (χ1n) is 5.75. The number of hydrogen-bond donors (Lipinski definition) is 0. The van der Waals surface area contributed by atoms with Gasteiger partial charge in [0.25, 0.3) is 0 Å².